The minimum absolute atomic E-state index is 0.207. The summed E-state index contributed by atoms with van der Waals surface area (Å²) >= 11 is 0. The van der Waals surface area contributed by atoms with Crippen LogP contribution in [0, 0.1) is 17.3 Å². The molecule has 0 unspecified atom stereocenters. The molecule has 0 atom stereocenters. The van der Waals surface area contributed by atoms with Gasteiger partial charge in [0.05, 0.1) is 6.54 Å². The molecule has 3 heteroatoms. The van der Waals surface area contributed by atoms with E-state index in [9.17, 15) is 4.79 Å². The van der Waals surface area contributed by atoms with Gasteiger partial charge in [0.1, 0.15) is 0 Å². The molecule has 0 radical (unpaired) electrons. The number of carboxylic acid groups (broad SMARTS) is 1. The van der Waals surface area contributed by atoms with E-state index in [2.05, 4.69) is 32.6 Å². The Bertz CT molecular complexity index is 266. The average molecular weight is 255 g/mol. The maximum Gasteiger partial charge on any atom is 0.317 e. The van der Waals surface area contributed by atoms with E-state index in [1.807, 2.05) is 0 Å². The molecule has 1 saturated heterocycles. The monoisotopic (exact) mass is 255 g/mol. The van der Waals surface area contributed by atoms with Gasteiger partial charge in [-0.3, -0.25) is 9.69 Å². The van der Waals surface area contributed by atoms with Crippen LogP contribution in [0.4, 0.5) is 0 Å². The van der Waals surface area contributed by atoms with E-state index in [-0.39, 0.29) is 6.54 Å². The van der Waals surface area contributed by atoms with Crippen LogP contribution in [0.5, 0.6) is 0 Å². The number of hydrogen-bond acceptors (Lipinski definition) is 2. The quantitative estimate of drug-likeness (QED) is 0.792. The first-order valence-corrected chi connectivity index (χ1v) is 7.30. The zero-order valence-electron chi connectivity index (χ0n) is 12.4. The van der Waals surface area contributed by atoms with E-state index in [1.54, 1.807) is 0 Å². The summed E-state index contributed by atoms with van der Waals surface area (Å²) in [6.45, 7) is 11.3. The molecule has 3 nitrogen and oxygen atoms in total. The third kappa shape index (κ3) is 4.27. The van der Waals surface area contributed by atoms with Crippen LogP contribution in [0.2, 0.25) is 0 Å². The zero-order valence-corrected chi connectivity index (χ0v) is 12.4. The Hall–Kier alpha value is -0.570. The van der Waals surface area contributed by atoms with Crippen LogP contribution in [0.15, 0.2) is 0 Å². The van der Waals surface area contributed by atoms with Gasteiger partial charge < -0.3 is 5.11 Å². The minimum atomic E-state index is -0.700. The third-order valence-corrected chi connectivity index (χ3v) is 4.66. The first kappa shape index (κ1) is 15.5. The normalized spacial score (nSPS) is 20.6. The Balaban J connectivity index is 2.54. The van der Waals surface area contributed by atoms with Crippen molar-refractivity contribution < 1.29 is 9.90 Å². The summed E-state index contributed by atoms with van der Waals surface area (Å²) < 4.78 is 0. The van der Waals surface area contributed by atoms with Gasteiger partial charge in [-0.2, -0.15) is 0 Å². The van der Waals surface area contributed by atoms with Crippen LogP contribution in [-0.4, -0.2) is 35.6 Å². The Labute approximate surface area is 112 Å². The first-order chi connectivity index (χ1) is 8.35. The van der Waals surface area contributed by atoms with Crippen LogP contribution in [-0.2, 0) is 4.79 Å². The topological polar surface area (TPSA) is 40.5 Å². The van der Waals surface area contributed by atoms with Gasteiger partial charge in [-0.15, -0.1) is 0 Å². The van der Waals surface area contributed by atoms with Crippen molar-refractivity contribution in [2.75, 3.05) is 19.6 Å². The molecular formula is C15H29NO2. The van der Waals surface area contributed by atoms with Crippen molar-refractivity contribution in [3.8, 4) is 0 Å². The highest BCUT2D eigenvalue weighted by Gasteiger charge is 2.37. The molecule has 1 heterocycles. The highest BCUT2D eigenvalue weighted by molar-refractivity contribution is 5.69. The van der Waals surface area contributed by atoms with Crippen molar-refractivity contribution in [1.82, 2.24) is 4.90 Å². The average Bonchev–Trinajstić information content (AvgIpc) is 2.27. The van der Waals surface area contributed by atoms with E-state index < -0.39 is 5.97 Å². The molecule has 1 aliphatic heterocycles. The van der Waals surface area contributed by atoms with Crippen LogP contribution in [0.25, 0.3) is 0 Å². The maximum absolute atomic E-state index is 10.7. The molecule has 1 aliphatic rings. The molecule has 0 aromatic carbocycles. The molecule has 1 fully saturated rings. The van der Waals surface area contributed by atoms with E-state index in [0.29, 0.717) is 11.3 Å². The van der Waals surface area contributed by atoms with Gasteiger partial charge in [-0.1, -0.05) is 34.1 Å². The van der Waals surface area contributed by atoms with Crippen LogP contribution < -0.4 is 0 Å². The molecular weight excluding hydrogens is 226 g/mol. The summed E-state index contributed by atoms with van der Waals surface area (Å²) in [4.78, 5) is 12.8. The summed E-state index contributed by atoms with van der Waals surface area (Å²) in [6.07, 6.45) is 4.90. The molecule has 0 aliphatic carbocycles. The van der Waals surface area contributed by atoms with E-state index in [0.717, 1.165) is 31.8 Å². The summed E-state index contributed by atoms with van der Waals surface area (Å²) in [5.41, 5.74) is 0.444. The molecule has 0 aromatic rings. The van der Waals surface area contributed by atoms with Crippen LogP contribution in [0.3, 0.4) is 0 Å². The lowest BCUT2D eigenvalue weighted by atomic mass is 9.66. The number of nitrogens with zero attached hydrogens (tertiary/aromatic N) is 1. The molecule has 106 valence electrons. The molecule has 0 saturated carbocycles. The van der Waals surface area contributed by atoms with Crippen LogP contribution >= 0.6 is 0 Å². The molecule has 0 aromatic heterocycles. The van der Waals surface area contributed by atoms with Crippen LogP contribution in [0.1, 0.15) is 53.4 Å². The van der Waals surface area contributed by atoms with Gasteiger partial charge in [-0.25, -0.2) is 0 Å². The number of likely N-dealkylation sites (tertiary alicyclic amines) is 1. The predicted molar refractivity (Wildman–Crippen MR) is 74.7 cm³/mol. The van der Waals surface area contributed by atoms with E-state index in [1.165, 1.54) is 12.8 Å². The molecule has 0 amide bonds. The van der Waals surface area contributed by atoms with Crippen molar-refractivity contribution in [3.63, 3.8) is 0 Å². The Morgan fingerprint density at radius 1 is 1.22 bits per heavy atom. The lowest BCUT2D eigenvalue weighted by Crippen LogP contribution is -2.44. The maximum atomic E-state index is 10.7. The zero-order chi connectivity index (χ0) is 13.8. The molecule has 1 rings (SSSR count). The first-order valence-electron chi connectivity index (χ1n) is 7.30. The molecule has 1 N–H and O–H groups in total. The SMILES string of the molecule is CC(C)CCC1(C(C)C)CCN(CC(=O)O)CC1. The van der Waals surface area contributed by atoms with Gasteiger partial charge in [-0.05, 0) is 49.6 Å². The van der Waals surface area contributed by atoms with Gasteiger partial charge >= 0.3 is 5.97 Å². The smallest absolute Gasteiger partial charge is 0.317 e. The van der Waals surface area contributed by atoms with Gasteiger partial charge in [0.25, 0.3) is 0 Å². The van der Waals surface area contributed by atoms with Gasteiger partial charge in [0, 0.05) is 0 Å². The minimum Gasteiger partial charge on any atom is -0.480 e. The fourth-order valence-electron chi connectivity index (χ4n) is 3.04. The molecule has 0 bridgehead atoms. The van der Waals surface area contributed by atoms with Crippen molar-refractivity contribution in [1.29, 1.82) is 0 Å². The molecule has 0 spiro atoms. The predicted octanol–water partition coefficient (Wildman–Crippen LogP) is 3.25. The second-order valence-corrected chi connectivity index (χ2v) is 6.62. The van der Waals surface area contributed by atoms with E-state index >= 15 is 0 Å². The molecule has 18 heavy (non-hydrogen) atoms. The highest BCUT2D eigenvalue weighted by atomic mass is 16.4. The summed E-state index contributed by atoms with van der Waals surface area (Å²) in [6, 6.07) is 0. The standard InChI is InChI=1S/C15H29NO2/c1-12(2)5-6-15(13(3)4)7-9-16(10-8-15)11-14(17)18/h12-13H,5-11H2,1-4H3,(H,17,18). The Kier molecular flexibility index (Phi) is 5.64. The lowest BCUT2D eigenvalue weighted by Gasteiger charge is -2.45. The third-order valence-electron chi connectivity index (χ3n) is 4.66. The highest BCUT2D eigenvalue weighted by Crippen LogP contribution is 2.43. The number of carboxylic acids is 1. The van der Waals surface area contributed by atoms with Crippen molar-refractivity contribution >= 4 is 5.97 Å². The van der Waals surface area contributed by atoms with Crippen molar-refractivity contribution in [2.45, 2.75) is 53.4 Å². The van der Waals surface area contributed by atoms with E-state index in [4.69, 9.17) is 5.11 Å². The number of rotatable bonds is 6. The second-order valence-electron chi connectivity index (χ2n) is 6.62. The summed E-state index contributed by atoms with van der Waals surface area (Å²) in [5.74, 6) is 0.759. The number of aliphatic carboxylic acids is 1. The Morgan fingerprint density at radius 3 is 2.17 bits per heavy atom. The summed E-state index contributed by atoms with van der Waals surface area (Å²) in [5, 5.41) is 8.84. The van der Waals surface area contributed by atoms with Gasteiger partial charge in [0.15, 0.2) is 0 Å². The fourth-order valence-corrected chi connectivity index (χ4v) is 3.04. The number of piperidine rings is 1. The fraction of sp³-hybridized carbons (Fsp3) is 0.933. The lowest BCUT2D eigenvalue weighted by molar-refractivity contribution is -0.139. The second kappa shape index (κ2) is 6.55. The van der Waals surface area contributed by atoms with Crippen molar-refractivity contribution in [3.05, 3.63) is 0 Å². The summed E-state index contributed by atoms with van der Waals surface area (Å²) in [7, 11) is 0. The number of carbonyl (C=O) groups is 1. The van der Waals surface area contributed by atoms with Crippen molar-refractivity contribution in [2.24, 2.45) is 17.3 Å². The number of hydrogen-bond donors (Lipinski definition) is 1. The Morgan fingerprint density at radius 2 is 1.78 bits per heavy atom. The largest absolute Gasteiger partial charge is 0.480 e. The van der Waals surface area contributed by atoms with Gasteiger partial charge in [0.2, 0.25) is 0 Å².